The van der Waals surface area contributed by atoms with E-state index in [1.807, 2.05) is 0 Å². The first-order chi connectivity index (χ1) is 12.5. The van der Waals surface area contributed by atoms with Crippen molar-refractivity contribution in [1.29, 1.82) is 0 Å². The normalized spacial score (nSPS) is 16.2. The van der Waals surface area contributed by atoms with Gasteiger partial charge >= 0.3 is 0 Å². The Morgan fingerprint density at radius 2 is 2.00 bits per heavy atom. The number of ether oxygens (including phenoxy) is 1. The van der Waals surface area contributed by atoms with Crippen LogP contribution < -0.4 is 15.0 Å². The third kappa shape index (κ3) is 4.66. The molecule has 2 aromatic rings. The molecule has 1 aromatic heterocycles. The predicted octanol–water partition coefficient (Wildman–Crippen LogP) is 1.77. The molecule has 1 atom stereocenters. The van der Waals surface area contributed by atoms with Gasteiger partial charge in [0.25, 0.3) is 5.91 Å². The number of rotatable bonds is 5. The lowest BCUT2D eigenvalue weighted by atomic mass is 10.3. The second-order valence-electron chi connectivity index (χ2n) is 6.26. The van der Waals surface area contributed by atoms with E-state index in [-0.39, 0.29) is 5.91 Å². The molecule has 1 aliphatic heterocycles. The maximum atomic E-state index is 13.2. The van der Waals surface area contributed by atoms with Crippen LogP contribution in [0.15, 0.2) is 36.7 Å². The molecule has 1 amide bonds. The molecule has 0 spiro atoms. The van der Waals surface area contributed by atoms with Gasteiger partial charge in [0.05, 0.1) is 0 Å². The van der Waals surface area contributed by atoms with Crippen molar-refractivity contribution in [2.45, 2.75) is 13.0 Å². The Morgan fingerprint density at radius 3 is 2.73 bits per heavy atom. The monoisotopic (exact) mass is 359 g/mol. The molecule has 1 saturated heterocycles. The van der Waals surface area contributed by atoms with Gasteiger partial charge in [-0.3, -0.25) is 4.79 Å². The lowest BCUT2D eigenvalue weighted by molar-refractivity contribution is -0.122. The van der Waals surface area contributed by atoms with Crippen molar-refractivity contribution < 1.29 is 13.9 Å². The zero-order valence-electron chi connectivity index (χ0n) is 14.9. The van der Waals surface area contributed by atoms with Gasteiger partial charge in [0, 0.05) is 38.3 Å². The second kappa shape index (κ2) is 8.09. The van der Waals surface area contributed by atoms with Gasteiger partial charge in [-0.05, 0) is 26.1 Å². The van der Waals surface area contributed by atoms with E-state index in [2.05, 4.69) is 32.1 Å². The van der Waals surface area contributed by atoms with Gasteiger partial charge in [-0.25, -0.2) is 14.4 Å². The number of benzene rings is 1. The summed E-state index contributed by atoms with van der Waals surface area (Å²) in [5.74, 6) is 0.712. The fourth-order valence-electron chi connectivity index (χ4n) is 2.65. The molecular weight excluding hydrogens is 337 g/mol. The molecule has 1 aromatic carbocycles. The Labute approximate surface area is 151 Å². The van der Waals surface area contributed by atoms with E-state index in [4.69, 9.17) is 4.74 Å². The number of anilines is 2. The van der Waals surface area contributed by atoms with E-state index >= 15 is 0 Å². The SMILES string of the molecule is CC(Oc1cccc(F)c1)C(=O)Nc1cc(N2CCN(C)CC2)ncn1. The molecule has 3 rings (SSSR count). The highest BCUT2D eigenvalue weighted by molar-refractivity contribution is 5.93. The van der Waals surface area contributed by atoms with Crippen LogP contribution in [0.1, 0.15) is 6.92 Å². The predicted molar refractivity (Wildman–Crippen MR) is 96.9 cm³/mol. The van der Waals surface area contributed by atoms with Crippen LogP contribution in [-0.2, 0) is 4.79 Å². The summed E-state index contributed by atoms with van der Waals surface area (Å²) in [6, 6.07) is 7.43. The fourth-order valence-corrected chi connectivity index (χ4v) is 2.65. The summed E-state index contributed by atoms with van der Waals surface area (Å²) in [6.07, 6.45) is 0.639. The largest absolute Gasteiger partial charge is 0.481 e. The topological polar surface area (TPSA) is 70.6 Å². The molecule has 0 bridgehead atoms. The number of aromatic nitrogens is 2. The Balaban J connectivity index is 1.61. The molecule has 2 heterocycles. The highest BCUT2D eigenvalue weighted by Gasteiger charge is 2.18. The van der Waals surface area contributed by atoms with E-state index in [9.17, 15) is 9.18 Å². The number of piperazine rings is 1. The number of nitrogens with one attached hydrogen (secondary N) is 1. The summed E-state index contributed by atoms with van der Waals surface area (Å²) in [6.45, 7) is 5.27. The Hall–Kier alpha value is -2.74. The molecule has 1 aliphatic rings. The quantitative estimate of drug-likeness (QED) is 0.877. The summed E-state index contributed by atoms with van der Waals surface area (Å²) >= 11 is 0. The van der Waals surface area contributed by atoms with Crippen LogP contribution in [0.25, 0.3) is 0 Å². The van der Waals surface area contributed by atoms with E-state index in [1.165, 1.54) is 24.5 Å². The highest BCUT2D eigenvalue weighted by atomic mass is 19.1. The minimum absolute atomic E-state index is 0.300. The summed E-state index contributed by atoms with van der Waals surface area (Å²) < 4.78 is 18.7. The van der Waals surface area contributed by atoms with Gasteiger partial charge < -0.3 is 19.9 Å². The first kappa shape index (κ1) is 18.1. The summed E-state index contributed by atoms with van der Waals surface area (Å²) in [7, 11) is 2.09. The van der Waals surface area contributed by atoms with Crippen LogP contribution in [0.3, 0.4) is 0 Å². The van der Waals surface area contributed by atoms with Crippen LogP contribution in [0.2, 0.25) is 0 Å². The van der Waals surface area contributed by atoms with Crippen molar-refractivity contribution >= 4 is 17.5 Å². The number of carbonyl (C=O) groups excluding carboxylic acids is 1. The minimum atomic E-state index is -0.793. The van der Waals surface area contributed by atoms with Crippen molar-refractivity contribution in [3.8, 4) is 5.75 Å². The van der Waals surface area contributed by atoms with E-state index < -0.39 is 11.9 Å². The second-order valence-corrected chi connectivity index (χ2v) is 6.26. The average Bonchev–Trinajstić information content (AvgIpc) is 2.62. The van der Waals surface area contributed by atoms with Crippen molar-refractivity contribution in [3.63, 3.8) is 0 Å². The molecule has 1 fully saturated rings. The standard InChI is InChI=1S/C18H22FN5O2/c1-13(26-15-5-3-4-14(19)10-15)18(25)22-16-11-17(21-12-20-16)24-8-6-23(2)7-9-24/h3-5,10-13H,6-9H2,1-2H3,(H,20,21,22,25). The first-order valence-corrected chi connectivity index (χ1v) is 8.50. The van der Waals surface area contributed by atoms with Gasteiger partial charge in [-0.2, -0.15) is 0 Å². The molecule has 138 valence electrons. The lowest BCUT2D eigenvalue weighted by Gasteiger charge is -2.33. The number of halogens is 1. The molecule has 1 N–H and O–H groups in total. The van der Waals surface area contributed by atoms with Crippen LogP contribution in [-0.4, -0.2) is 60.1 Å². The van der Waals surface area contributed by atoms with Gasteiger partial charge in [-0.1, -0.05) is 6.07 Å². The molecule has 0 saturated carbocycles. The van der Waals surface area contributed by atoms with E-state index in [1.54, 1.807) is 19.1 Å². The molecule has 7 nitrogen and oxygen atoms in total. The van der Waals surface area contributed by atoms with Crippen LogP contribution in [0.5, 0.6) is 5.75 Å². The minimum Gasteiger partial charge on any atom is -0.481 e. The third-order valence-electron chi connectivity index (χ3n) is 4.21. The van der Waals surface area contributed by atoms with Crippen LogP contribution >= 0.6 is 0 Å². The molecule has 0 radical (unpaired) electrons. The Morgan fingerprint density at radius 1 is 1.23 bits per heavy atom. The summed E-state index contributed by atoms with van der Waals surface area (Å²) in [5, 5.41) is 2.72. The van der Waals surface area contributed by atoms with E-state index in [0.717, 1.165) is 32.0 Å². The van der Waals surface area contributed by atoms with Crippen molar-refractivity contribution in [2.24, 2.45) is 0 Å². The van der Waals surface area contributed by atoms with Crippen molar-refractivity contribution in [2.75, 3.05) is 43.4 Å². The summed E-state index contributed by atoms with van der Waals surface area (Å²) in [4.78, 5) is 25.1. The maximum absolute atomic E-state index is 13.2. The van der Waals surface area contributed by atoms with Crippen molar-refractivity contribution in [3.05, 3.63) is 42.5 Å². The van der Waals surface area contributed by atoms with Crippen LogP contribution in [0, 0.1) is 5.82 Å². The summed E-state index contributed by atoms with van der Waals surface area (Å²) in [5.41, 5.74) is 0. The number of hydrogen-bond donors (Lipinski definition) is 1. The number of likely N-dealkylation sites (N-methyl/N-ethyl adjacent to an activating group) is 1. The van der Waals surface area contributed by atoms with Gasteiger partial charge in [0.1, 0.15) is 29.5 Å². The lowest BCUT2D eigenvalue weighted by Crippen LogP contribution is -2.44. The third-order valence-corrected chi connectivity index (χ3v) is 4.21. The number of amides is 1. The molecule has 1 unspecified atom stereocenters. The highest BCUT2D eigenvalue weighted by Crippen LogP contribution is 2.17. The first-order valence-electron chi connectivity index (χ1n) is 8.50. The van der Waals surface area contributed by atoms with Gasteiger partial charge in [0.2, 0.25) is 0 Å². The van der Waals surface area contributed by atoms with Gasteiger partial charge in [-0.15, -0.1) is 0 Å². The maximum Gasteiger partial charge on any atom is 0.266 e. The van der Waals surface area contributed by atoms with E-state index in [0.29, 0.717) is 11.6 Å². The zero-order chi connectivity index (χ0) is 18.5. The van der Waals surface area contributed by atoms with Crippen molar-refractivity contribution in [1.82, 2.24) is 14.9 Å². The smallest absolute Gasteiger partial charge is 0.266 e. The van der Waals surface area contributed by atoms with Gasteiger partial charge in [0.15, 0.2) is 6.10 Å². The Bertz CT molecular complexity index is 765. The fraction of sp³-hybridized carbons (Fsp3) is 0.389. The number of nitrogens with zero attached hydrogens (tertiary/aromatic N) is 4. The van der Waals surface area contributed by atoms with Crippen LogP contribution in [0.4, 0.5) is 16.0 Å². The zero-order valence-corrected chi connectivity index (χ0v) is 14.9. The molecule has 26 heavy (non-hydrogen) atoms. The number of hydrogen-bond acceptors (Lipinski definition) is 6. The number of carbonyl (C=O) groups is 1. The molecule has 8 heteroatoms. The molecular formula is C18H22FN5O2. The average molecular weight is 359 g/mol. The Kier molecular flexibility index (Phi) is 5.62. The molecule has 0 aliphatic carbocycles.